The summed E-state index contributed by atoms with van der Waals surface area (Å²) in [5.74, 6) is 0.366. The van der Waals surface area contributed by atoms with E-state index in [1.165, 1.54) is 12.8 Å². The van der Waals surface area contributed by atoms with Gasteiger partial charge in [0.15, 0.2) is 0 Å². The Morgan fingerprint density at radius 3 is 2.33 bits per heavy atom. The van der Waals surface area contributed by atoms with Crippen molar-refractivity contribution in [2.75, 3.05) is 4.90 Å². The van der Waals surface area contributed by atoms with Gasteiger partial charge in [-0.25, -0.2) is 0 Å². The third kappa shape index (κ3) is 2.71. The third-order valence-electron chi connectivity index (χ3n) is 5.27. The zero-order chi connectivity index (χ0) is 14.9. The van der Waals surface area contributed by atoms with Crippen molar-refractivity contribution in [1.29, 1.82) is 0 Å². The van der Waals surface area contributed by atoms with Crippen LogP contribution in [0.15, 0.2) is 24.3 Å². The van der Waals surface area contributed by atoms with Crippen LogP contribution in [0, 0.1) is 5.41 Å². The molecular formula is C18H26N2O. The zero-order valence-electron chi connectivity index (χ0n) is 13.0. The first kappa shape index (κ1) is 14.6. The minimum absolute atomic E-state index is 0.102. The molecule has 114 valence electrons. The van der Waals surface area contributed by atoms with Gasteiger partial charge in [0.1, 0.15) is 0 Å². The fourth-order valence-electron chi connectivity index (χ4n) is 3.65. The van der Waals surface area contributed by atoms with Gasteiger partial charge >= 0.3 is 0 Å². The monoisotopic (exact) mass is 286 g/mol. The molecule has 0 unspecified atom stereocenters. The maximum Gasteiger partial charge on any atom is 0.233 e. The number of nitrogens with zero attached hydrogens (tertiary/aromatic N) is 1. The highest BCUT2D eigenvalue weighted by atomic mass is 16.2. The molecule has 0 radical (unpaired) electrons. The molecule has 0 atom stereocenters. The van der Waals surface area contributed by atoms with Gasteiger partial charge in [0.05, 0.1) is 0 Å². The Kier molecular flexibility index (Phi) is 4.03. The first-order valence-electron chi connectivity index (χ1n) is 8.33. The molecule has 3 heteroatoms. The number of hydrogen-bond donors (Lipinski definition) is 1. The molecular weight excluding hydrogens is 260 g/mol. The molecule has 0 spiro atoms. The predicted octanol–water partition coefficient (Wildman–Crippen LogP) is 3.61. The Balaban J connectivity index is 1.88. The van der Waals surface area contributed by atoms with E-state index in [9.17, 15) is 4.79 Å². The van der Waals surface area contributed by atoms with Crippen molar-refractivity contribution in [3.05, 3.63) is 29.8 Å². The molecule has 0 aliphatic heterocycles. The lowest BCUT2D eigenvalue weighted by Gasteiger charge is -2.34. The van der Waals surface area contributed by atoms with Crippen LogP contribution in [0.25, 0.3) is 0 Å². The van der Waals surface area contributed by atoms with Crippen LogP contribution >= 0.6 is 0 Å². The Hall–Kier alpha value is -1.35. The van der Waals surface area contributed by atoms with Crippen molar-refractivity contribution >= 4 is 11.6 Å². The minimum Gasteiger partial charge on any atom is -0.326 e. The smallest absolute Gasteiger partial charge is 0.233 e. The molecule has 2 aliphatic rings. The maximum atomic E-state index is 13.2. The number of carbonyl (C=O) groups is 1. The molecule has 2 aliphatic carbocycles. The molecule has 2 N–H and O–H groups in total. The van der Waals surface area contributed by atoms with Crippen molar-refractivity contribution in [3.63, 3.8) is 0 Å². The summed E-state index contributed by atoms with van der Waals surface area (Å²) in [6.07, 6.45) is 7.78. The van der Waals surface area contributed by atoms with E-state index >= 15 is 0 Å². The first-order chi connectivity index (χ1) is 10.2. The van der Waals surface area contributed by atoms with Crippen LogP contribution in [0.5, 0.6) is 0 Å². The van der Waals surface area contributed by atoms with Crippen molar-refractivity contribution in [3.8, 4) is 0 Å². The van der Waals surface area contributed by atoms with Crippen LogP contribution in [-0.4, -0.2) is 11.9 Å². The lowest BCUT2D eigenvalue weighted by molar-refractivity contribution is -0.128. The first-order valence-corrected chi connectivity index (χ1v) is 8.33. The quantitative estimate of drug-likeness (QED) is 0.898. The van der Waals surface area contributed by atoms with Crippen LogP contribution in [-0.2, 0) is 11.3 Å². The summed E-state index contributed by atoms with van der Waals surface area (Å²) in [6, 6.07) is 8.65. The van der Waals surface area contributed by atoms with Crippen LogP contribution in [0.3, 0.4) is 0 Å². The molecule has 3 nitrogen and oxygen atoms in total. The fourth-order valence-corrected chi connectivity index (χ4v) is 3.65. The second-order valence-electron chi connectivity index (χ2n) is 6.62. The summed E-state index contributed by atoms with van der Waals surface area (Å²) in [5, 5.41) is 0. The van der Waals surface area contributed by atoms with E-state index in [0.29, 0.717) is 18.5 Å². The molecule has 2 fully saturated rings. The third-order valence-corrected chi connectivity index (χ3v) is 5.27. The van der Waals surface area contributed by atoms with Crippen LogP contribution in [0.2, 0.25) is 0 Å². The predicted molar refractivity (Wildman–Crippen MR) is 86.0 cm³/mol. The van der Waals surface area contributed by atoms with Gasteiger partial charge in [-0.05, 0) is 49.8 Å². The molecule has 1 aromatic carbocycles. The van der Waals surface area contributed by atoms with Crippen molar-refractivity contribution < 1.29 is 4.79 Å². The van der Waals surface area contributed by atoms with Crippen LogP contribution < -0.4 is 10.6 Å². The Labute approximate surface area is 127 Å². The Morgan fingerprint density at radius 2 is 1.86 bits per heavy atom. The van der Waals surface area contributed by atoms with E-state index in [1.807, 2.05) is 12.1 Å². The maximum absolute atomic E-state index is 13.2. The second kappa shape index (κ2) is 5.80. The summed E-state index contributed by atoms with van der Waals surface area (Å²) < 4.78 is 0. The number of hydrogen-bond acceptors (Lipinski definition) is 2. The van der Waals surface area contributed by atoms with Crippen LogP contribution in [0.4, 0.5) is 5.69 Å². The van der Waals surface area contributed by atoms with E-state index < -0.39 is 0 Å². The molecule has 21 heavy (non-hydrogen) atoms. The standard InChI is InChI=1S/C18H26N2O/c1-2-18(11-3-4-12-18)17(21)20(16-9-10-16)15-7-5-14(13-19)6-8-15/h5-8,16H,2-4,9-13,19H2,1H3. The topological polar surface area (TPSA) is 46.3 Å². The number of amides is 1. The molecule has 0 heterocycles. The van der Waals surface area contributed by atoms with Gasteiger partial charge in [-0.3, -0.25) is 4.79 Å². The van der Waals surface area contributed by atoms with Gasteiger partial charge < -0.3 is 10.6 Å². The van der Waals surface area contributed by atoms with Gasteiger partial charge in [-0.15, -0.1) is 0 Å². The highest BCUT2D eigenvalue weighted by Crippen LogP contribution is 2.45. The molecule has 2 saturated carbocycles. The summed E-state index contributed by atoms with van der Waals surface area (Å²) in [4.78, 5) is 15.3. The van der Waals surface area contributed by atoms with E-state index in [-0.39, 0.29) is 5.41 Å². The van der Waals surface area contributed by atoms with E-state index in [4.69, 9.17) is 5.73 Å². The Bertz CT molecular complexity index is 498. The summed E-state index contributed by atoms with van der Waals surface area (Å²) in [6.45, 7) is 2.72. The van der Waals surface area contributed by atoms with Gasteiger partial charge in [0, 0.05) is 23.7 Å². The lowest BCUT2D eigenvalue weighted by Crippen LogP contribution is -2.44. The number of rotatable bonds is 5. The average Bonchev–Trinajstić information content (AvgIpc) is 3.23. The van der Waals surface area contributed by atoms with Gasteiger partial charge in [0.2, 0.25) is 5.91 Å². The molecule has 0 aromatic heterocycles. The number of nitrogens with two attached hydrogens (primary N) is 1. The fraction of sp³-hybridized carbons (Fsp3) is 0.611. The van der Waals surface area contributed by atoms with E-state index in [2.05, 4.69) is 24.0 Å². The van der Waals surface area contributed by atoms with Gasteiger partial charge in [-0.1, -0.05) is 31.9 Å². The van der Waals surface area contributed by atoms with Crippen LogP contribution in [0.1, 0.15) is 57.4 Å². The average molecular weight is 286 g/mol. The summed E-state index contributed by atoms with van der Waals surface area (Å²) >= 11 is 0. The molecule has 0 saturated heterocycles. The summed E-state index contributed by atoms with van der Waals surface area (Å²) in [7, 11) is 0. The molecule has 1 amide bonds. The number of carbonyl (C=O) groups excluding carboxylic acids is 1. The van der Waals surface area contributed by atoms with Gasteiger partial charge in [0.25, 0.3) is 0 Å². The lowest BCUT2D eigenvalue weighted by atomic mass is 9.81. The molecule has 0 bridgehead atoms. The highest BCUT2D eigenvalue weighted by Gasteiger charge is 2.46. The van der Waals surface area contributed by atoms with E-state index in [0.717, 1.165) is 43.4 Å². The van der Waals surface area contributed by atoms with Gasteiger partial charge in [-0.2, -0.15) is 0 Å². The normalized spacial score (nSPS) is 20.5. The highest BCUT2D eigenvalue weighted by molar-refractivity contribution is 5.98. The number of anilines is 1. The summed E-state index contributed by atoms with van der Waals surface area (Å²) in [5.41, 5.74) is 7.74. The minimum atomic E-state index is -0.102. The molecule has 3 rings (SSSR count). The van der Waals surface area contributed by atoms with E-state index in [1.54, 1.807) is 0 Å². The van der Waals surface area contributed by atoms with Crippen molar-refractivity contribution in [2.45, 2.75) is 64.5 Å². The van der Waals surface area contributed by atoms with Crippen molar-refractivity contribution in [1.82, 2.24) is 0 Å². The zero-order valence-corrected chi connectivity index (χ0v) is 13.0. The second-order valence-corrected chi connectivity index (χ2v) is 6.62. The Morgan fingerprint density at radius 1 is 1.24 bits per heavy atom. The molecule has 1 aromatic rings. The largest absolute Gasteiger partial charge is 0.326 e. The van der Waals surface area contributed by atoms with Crippen molar-refractivity contribution in [2.24, 2.45) is 11.1 Å². The SMILES string of the molecule is CCC1(C(=O)N(c2ccc(CN)cc2)C2CC2)CCCC1. The number of benzene rings is 1.